The zero-order chi connectivity index (χ0) is 25.1. The molecular formula is C27H45NO6. The molecule has 0 amide bonds. The molecule has 0 aliphatic carbocycles. The molecule has 194 valence electrons. The van der Waals surface area contributed by atoms with Gasteiger partial charge in [0.05, 0.1) is 19.1 Å². The van der Waals surface area contributed by atoms with Crippen molar-refractivity contribution < 1.29 is 28.8 Å². The number of methoxy groups -OCH3 is 1. The Labute approximate surface area is 205 Å². The van der Waals surface area contributed by atoms with Crippen molar-refractivity contribution in [2.45, 2.75) is 71.9 Å². The number of hydrogen-bond acceptors (Lipinski definition) is 7. The van der Waals surface area contributed by atoms with Crippen LogP contribution in [0.15, 0.2) is 18.2 Å². The van der Waals surface area contributed by atoms with Gasteiger partial charge in [-0.05, 0) is 54.7 Å². The van der Waals surface area contributed by atoms with E-state index in [1.807, 2.05) is 12.1 Å². The van der Waals surface area contributed by atoms with Crippen LogP contribution in [0.5, 0.6) is 11.5 Å². The second kappa shape index (κ2) is 14.5. The van der Waals surface area contributed by atoms with Crippen LogP contribution >= 0.6 is 0 Å². The summed E-state index contributed by atoms with van der Waals surface area (Å²) in [6, 6.07) is 5.89. The molecule has 1 aliphatic heterocycles. The minimum atomic E-state index is -0.205. The SMILES string of the molecule is COCCCOc1cc(C[C@@H](C[C@H](N)[C@@H]2C[C@@H](C(C)C)C(=O)O2)C(C)C)ccc1OCCCO. The molecule has 1 aromatic carbocycles. The molecule has 2 rings (SSSR count). The fourth-order valence-electron chi connectivity index (χ4n) is 4.38. The molecule has 1 heterocycles. The third kappa shape index (κ3) is 8.75. The summed E-state index contributed by atoms with van der Waals surface area (Å²) in [4.78, 5) is 12.2. The fraction of sp³-hybridized carbons (Fsp3) is 0.741. The van der Waals surface area contributed by atoms with Crippen LogP contribution in [0.1, 0.15) is 58.9 Å². The van der Waals surface area contributed by atoms with Crippen molar-refractivity contribution >= 4 is 5.97 Å². The van der Waals surface area contributed by atoms with Crippen LogP contribution in [0.3, 0.4) is 0 Å². The Bertz CT molecular complexity index is 738. The summed E-state index contributed by atoms with van der Waals surface area (Å²) in [6.07, 6.45) is 3.51. The highest BCUT2D eigenvalue weighted by atomic mass is 16.6. The molecule has 4 atom stereocenters. The van der Waals surface area contributed by atoms with E-state index in [-0.39, 0.29) is 36.6 Å². The first-order valence-corrected chi connectivity index (χ1v) is 12.7. The topological polar surface area (TPSA) is 100 Å². The van der Waals surface area contributed by atoms with E-state index in [0.717, 1.165) is 24.8 Å². The summed E-state index contributed by atoms with van der Waals surface area (Å²) in [5, 5.41) is 9.05. The zero-order valence-electron chi connectivity index (χ0n) is 21.6. The van der Waals surface area contributed by atoms with Crippen molar-refractivity contribution in [2.75, 3.05) is 33.5 Å². The third-order valence-corrected chi connectivity index (χ3v) is 6.67. The lowest BCUT2D eigenvalue weighted by atomic mass is 9.82. The maximum absolute atomic E-state index is 12.2. The largest absolute Gasteiger partial charge is 0.490 e. The van der Waals surface area contributed by atoms with Gasteiger partial charge in [0.2, 0.25) is 0 Å². The third-order valence-electron chi connectivity index (χ3n) is 6.67. The first-order chi connectivity index (χ1) is 16.3. The molecule has 7 nitrogen and oxygen atoms in total. The van der Waals surface area contributed by atoms with Crippen molar-refractivity contribution in [1.82, 2.24) is 0 Å². The molecule has 0 radical (unpaired) electrons. The van der Waals surface area contributed by atoms with E-state index in [4.69, 9.17) is 29.8 Å². The minimum Gasteiger partial charge on any atom is -0.490 e. The van der Waals surface area contributed by atoms with Gasteiger partial charge in [-0.2, -0.15) is 0 Å². The summed E-state index contributed by atoms with van der Waals surface area (Å²) in [5.41, 5.74) is 7.72. The number of hydrogen-bond donors (Lipinski definition) is 2. The van der Waals surface area contributed by atoms with Crippen molar-refractivity contribution in [2.24, 2.45) is 29.4 Å². The van der Waals surface area contributed by atoms with E-state index in [2.05, 4.69) is 33.8 Å². The van der Waals surface area contributed by atoms with Crippen molar-refractivity contribution in [3.63, 3.8) is 0 Å². The Hall–Kier alpha value is -1.83. The molecule has 1 saturated heterocycles. The van der Waals surface area contributed by atoms with Crippen LogP contribution in [0, 0.1) is 23.7 Å². The maximum Gasteiger partial charge on any atom is 0.309 e. The average molecular weight is 480 g/mol. The van der Waals surface area contributed by atoms with Gasteiger partial charge in [-0.3, -0.25) is 4.79 Å². The average Bonchev–Trinajstić information content (AvgIpc) is 3.19. The lowest BCUT2D eigenvalue weighted by Gasteiger charge is -2.27. The molecule has 0 spiro atoms. The number of cyclic esters (lactones) is 1. The van der Waals surface area contributed by atoms with Crippen LogP contribution in [0.4, 0.5) is 0 Å². The van der Waals surface area contributed by atoms with Gasteiger partial charge in [0.15, 0.2) is 11.5 Å². The van der Waals surface area contributed by atoms with Gasteiger partial charge < -0.3 is 29.8 Å². The van der Waals surface area contributed by atoms with Crippen molar-refractivity contribution in [1.29, 1.82) is 0 Å². The second-order valence-corrected chi connectivity index (χ2v) is 10.1. The number of benzene rings is 1. The van der Waals surface area contributed by atoms with E-state index in [1.165, 1.54) is 0 Å². The van der Waals surface area contributed by atoms with Crippen LogP contribution in [0.2, 0.25) is 0 Å². The first kappa shape index (κ1) is 28.4. The predicted octanol–water partition coefficient (Wildman–Crippen LogP) is 3.98. The van der Waals surface area contributed by atoms with Gasteiger partial charge in [-0.1, -0.05) is 33.8 Å². The molecule has 0 bridgehead atoms. The first-order valence-electron chi connectivity index (χ1n) is 12.7. The van der Waals surface area contributed by atoms with Gasteiger partial charge in [0, 0.05) is 39.2 Å². The maximum atomic E-state index is 12.2. The molecule has 0 unspecified atom stereocenters. The highest BCUT2D eigenvalue weighted by Gasteiger charge is 2.39. The Morgan fingerprint density at radius 1 is 1.09 bits per heavy atom. The smallest absolute Gasteiger partial charge is 0.309 e. The van der Waals surface area contributed by atoms with Gasteiger partial charge in [0.1, 0.15) is 6.10 Å². The van der Waals surface area contributed by atoms with Crippen LogP contribution in [-0.2, 0) is 20.7 Å². The number of rotatable bonds is 16. The molecule has 1 fully saturated rings. The Morgan fingerprint density at radius 3 is 2.41 bits per heavy atom. The monoisotopic (exact) mass is 479 g/mol. The highest BCUT2D eigenvalue weighted by Crippen LogP contribution is 2.34. The summed E-state index contributed by atoms with van der Waals surface area (Å²) in [6.45, 7) is 10.2. The molecule has 0 saturated carbocycles. The molecule has 1 aromatic rings. The van der Waals surface area contributed by atoms with Crippen LogP contribution in [-0.4, -0.2) is 56.8 Å². The molecule has 3 N–H and O–H groups in total. The Balaban J connectivity index is 2.07. The molecule has 34 heavy (non-hydrogen) atoms. The number of esters is 1. The summed E-state index contributed by atoms with van der Waals surface area (Å²) in [5.74, 6) is 2.28. The van der Waals surface area contributed by atoms with Crippen LogP contribution in [0.25, 0.3) is 0 Å². The number of carbonyl (C=O) groups is 1. The van der Waals surface area contributed by atoms with E-state index in [0.29, 0.717) is 56.0 Å². The molecule has 0 aromatic heterocycles. The summed E-state index contributed by atoms with van der Waals surface area (Å²) < 4.78 is 22.6. The zero-order valence-corrected chi connectivity index (χ0v) is 21.6. The Kier molecular flexibility index (Phi) is 12.2. The number of carbonyl (C=O) groups excluding carboxylic acids is 1. The standard InChI is InChI=1S/C27H45NO6/c1-18(2)21(16-23(28)25-17-22(19(3)4)27(30)34-25)14-20-8-9-24(32-12-6-10-29)26(15-20)33-13-7-11-31-5/h8-9,15,18-19,21-23,25,29H,6-7,10-14,16-17,28H2,1-5H3/t21-,22-,23-,25-/m0/s1. The molecular weight excluding hydrogens is 434 g/mol. The van der Waals surface area contributed by atoms with E-state index in [9.17, 15) is 4.79 Å². The number of aliphatic hydroxyl groups is 1. The van der Waals surface area contributed by atoms with Gasteiger partial charge >= 0.3 is 5.97 Å². The highest BCUT2D eigenvalue weighted by molar-refractivity contribution is 5.75. The predicted molar refractivity (Wildman–Crippen MR) is 133 cm³/mol. The van der Waals surface area contributed by atoms with Crippen molar-refractivity contribution in [3.05, 3.63) is 23.8 Å². The fourth-order valence-corrected chi connectivity index (χ4v) is 4.38. The minimum absolute atomic E-state index is 0.0512. The van der Waals surface area contributed by atoms with Crippen LogP contribution < -0.4 is 15.2 Å². The number of nitrogens with two attached hydrogens (primary N) is 1. The second-order valence-electron chi connectivity index (χ2n) is 10.1. The van der Waals surface area contributed by atoms with E-state index >= 15 is 0 Å². The molecule has 1 aliphatic rings. The normalized spacial score (nSPS) is 20.0. The van der Waals surface area contributed by atoms with Gasteiger partial charge in [0.25, 0.3) is 0 Å². The lowest BCUT2D eigenvalue weighted by molar-refractivity contribution is -0.146. The van der Waals surface area contributed by atoms with Crippen molar-refractivity contribution in [3.8, 4) is 11.5 Å². The van der Waals surface area contributed by atoms with E-state index < -0.39 is 0 Å². The summed E-state index contributed by atoms with van der Waals surface area (Å²) in [7, 11) is 1.68. The van der Waals surface area contributed by atoms with Gasteiger partial charge in [-0.25, -0.2) is 0 Å². The Morgan fingerprint density at radius 2 is 1.79 bits per heavy atom. The molecule has 7 heteroatoms. The lowest BCUT2D eigenvalue weighted by Crippen LogP contribution is -2.37. The number of ether oxygens (including phenoxy) is 4. The summed E-state index contributed by atoms with van der Waals surface area (Å²) >= 11 is 0. The van der Waals surface area contributed by atoms with E-state index in [1.54, 1.807) is 7.11 Å². The van der Waals surface area contributed by atoms with Gasteiger partial charge in [-0.15, -0.1) is 0 Å². The quantitative estimate of drug-likeness (QED) is 0.273. The number of aliphatic hydroxyl groups excluding tert-OH is 1.